The molecule has 0 fully saturated rings. The number of aromatic amines is 1. The molecule has 0 aliphatic heterocycles. The summed E-state index contributed by atoms with van der Waals surface area (Å²) in [7, 11) is 1.98. The first-order chi connectivity index (χ1) is 12.5. The van der Waals surface area contributed by atoms with Gasteiger partial charge in [-0.3, -0.25) is 0 Å². The SMILES string of the molecule is CC(C)c1ccc(O)c(-c2n[nH]c(=O)n2-c2ccc3c(ccn3C)c2)c1. The first-order valence-electron chi connectivity index (χ1n) is 8.52. The van der Waals surface area contributed by atoms with Crippen molar-refractivity contribution in [2.75, 3.05) is 0 Å². The number of aromatic nitrogens is 4. The summed E-state index contributed by atoms with van der Waals surface area (Å²) >= 11 is 0. The van der Waals surface area contributed by atoms with Gasteiger partial charge in [-0.05, 0) is 47.9 Å². The Labute approximate surface area is 150 Å². The zero-order valence-corrected chi connectivity index (χ0v) is 14.9. The molecule has 4 aromatic rings. The molecule has 0 spiro atoms. The molecule has 0 aliphatic carbocycles. The maximum Gasteiger partial charge on any atom is 0.348 e. The third-order valence-corrected chi connectivity index (χ3v) is 4.73. The first kappa shape index (κ1) is 16.2. The minimum atomic E-state index is -0.343. The highest BCUT2D eigenvalue weighted by atomic mass is 16.3. The molecule has 0 saturated heterocycles. The van der Waals surface area contributed by atoms with Gasteiger partial charge in [-0.1, -0.05) is 19.9 Å². The van der Waals surface area contributed by atoms with Gasteiger partial charge in [-0.2, -0.15) is 5.10 Å². The summed E-state index contributed by atoms with van der Waals surface area (Å²) in [6, 6.07) is 13.2. The summed E-state index contributed by atoms with van der Waals surface area (Å²) in [6.07, 6.45) is 1.98. The van der Waals surface area contributed by atoms with Crippen molar-refractivity contribution in [1.29, 1.82) is 0 Å². The number of phenols is 1. The van der Waals surface area contributed by atoms with Gasteiger partial charge in [0, 0.05) is 24.1 Å². The van der Waals surface area contributed by atoms with Crippen molar-refractivity contribution < 1.29 is 5.11 Å². The number of nitrogens with zero attached hydrogens (tertiary/aromatic N) is 3. The smallest absolute Gasteiger partial charge is 0.348 e. The molecule has 0 unspecified atom stereocenters. The van der Waals surface area contributed by atoms with Gasteiger partial charge >= 0.3 is 5.69 Å². The van der Waals surface area contributed by atoms with Crippen molar-refractivity contribution in [1.82, 2.24) is 19.3 Å². The van der Waals surface area contributed by atoms with Crippen molar-refractivity contribution in [2.24, 2.45) is 7.05 Å². The van der Waals surface area contributed by atoms with Gasteiger partial charge in [0.1, 0.15) is 5.75 Å². The quantitative estimate of drug-likeness (QED) is 0.594. The first-order valence-corrected chi connectivity index (χ1v) is 8.52. The van der Waals surface area contributed by atoms with Crippen molar-refractivity contribution in [3.8, 4) is 22.8 Å². The predicted octanol–water partition coefficient (Wildman–Crippen LogP) is 3.55. The van der Waals surface area contributed by atoms with Crippen molar-refractivity contribution in [3.05, 3.63) is 64.7 Å². The van der Waals surface area contributed by atoms with E-state index in [-0.39, 0.29) is 11.4 Å². The zero-order valence-electron chi connectivity index (χ0n) is 14.9. The largest absolute Gasteiger partial charge is 0.507 e. The van der Waals surface area contributed by atoms with E-state index in [9.17, 15) is 9.90 Å². The highest BCUT2D eigenvalue weighted by Crippen LogP contribution is 2.32. The fourth-order valence-corrected chi connectivity index (χ4v) is 3.22. The topological polar surface area (TPSA) is 75.8 Å². The molecule has 0 aliphatic rings. The number of aryl methyl sites for hydroxylation is 1. The second-order valence-electron chi connectivity index (χ2n) is 6.79. The van der Waals surface area contributed by atoms with Crippen LogP contribution < -0.4 is 5.69 Å². The van der Waals surface area contributed by atoms with Crippen LogP contribution in [0.15, 0.2) is 53.5 Å². The number of nitrogens with one attached hydrogen (secondary N) is 1. The normalized spacial score (nSPS) is 11.5. The summed E-state index contributed by atoms with van der Waals surface area (Å²) in [5, 5.41) is 18.1. The Balaban J connectivity index is 1.93. The number of hydrogen-bond donors (Lipinski definition) is 2. The van der Waals surface area contributed by atoms with Crippen LogP contribution in [0.5, 0.6) is 5.75 Å². The molecule has 132 valence electrons. The van der Waals surface area contributed by atoms with E-state index in [1.807, 2.05) is 54.2 Å². The Kier molecular flexibility index (Phi) is 3.68. The summed E-state index contributed by atoms with van der Waals surface area (Å²) in [5.41, 5.74) is 3.04. The van der Waals surface area contributed by atoms with Crippen LogP contribution in [0, 0.1) is 0 Å². The van der Waals surface area contributed by atoms with E-state index < -0.39 is 0 Å². The van der Waals surface area contributed by atoms with Crippen molar-refractivity contribution >= 4 is 10.9 Å². The highest BCUT2D eigenvalue weighted by molar-refractivity contribution is 5.82. The standard InChI is InChI=1S/C20H20N4O2/c1-12(2)13-4-7-18(25)16(11-13)19-21-22-20(26)24(19)15-5-6-17-14(10-15)8-9-23(17)3/h4-12,25H,1-3H3,(H,22,26). The lowest BCUT2D eigenvalue weighted by molar-refractivity contribution is 0.476. The number of H-pyrrole nitrogens is 1. The van der Waals surface area contributed by atoms with E-state index in [0.29, 0.717) is 23.0 Å². The van der Waals surface area contributed by atoms with Crippen LogP contribution >= 0.6 is 0 Å². The molecule has 2 N–H and O–H groups in total. The average molecular weight is 348 g/mol. The van der Waals surface area contributed by atoms with Crippen LogP contribution in [0.25, 0.3) is 28.0 Å². The molecule has 0 saturated carbocycles. The lowest BCUT2D eigenvalue weighted by Crippen LogP contribution is -2.15. The fourth-order valence-electron chi connectivity index (χ4n) is 3.22. The molecule has 6 nitrogen and oxygen atoms in total. The Morgan fingerprint density at radius 2 is 1.92 bits per heavy atom. The Morgan fingerprint density at radius 3 is 2.69 bits per heavy atom. The van der Waals surface area contributed by atoms with Crippen LogP contribution in [0.1, 0.15) is 25.3 Å². The Hall–Kier alpha value is -3.28. The van der Waals surface area contributed by atoms with E-state index in [4.69, 9.17) is 0 Å². The molecule has 2 aromatic heterocycles. The van der Waals surface area contributed by atoms with Gasteiger partial charge < -0.3 is 9.67 Å². The molecule has 0 radical (unpaired) electrons. The molecule has 26 heavy (non-hydrogen) atoms. The third-order valence-electron chi connectivity index (χ3n) is 4.73. The van der Waals surface area contributed by atoms with Crippen LogP contribution in [-0.2, 0) is 7.05 Å². The van der Waals surface area contributed by atoms with Gasteiger partial charge in [0.15, 0.2) is 5.82 Å². The summed E-state index contributed by atoms with van der Waals surface area (Å²) in [5.74, 6) is 0.787. The summed E-state index contributed by atoms with van der Waals surface area (Å²) in [4.78, 5) is 12.4. The Morgan fingerprint density at radius 1 is 1.12 bits per heavy atom. The molecule has 4 rings (SSSR count). The number of aromatic hydroxyl groups is 1. The lowest BCUT2D eigenvalue weighted by atomic mass is 10.00. The number of benzene rings is 2. The highest BCUT2D eigenvalue weighted by Gasteiger charge is 2.17. The molecular weight excluding hydrogens is 328 g/mol. The van der Waals surface area contributed by atoms with Crippen LogP contribution in [-0.4, -0.2) is 24.4 Å². The molecule has 6 heteroatoms. The maximum atomic E-state index is 12.4. The second-order valence-corrected chi connectivity index (χ2v) is 6.79. The van der Waals surface area contributed by atoms with E-state index in [2.05, 4.69) is 24.0 Å². The minimum Gasteiger partial charge on any atom is -0.507 e. The monoisotopic (exact) mass is 348 g/mol. The van der Waals surface area contributed by atoms with Crippen LogP contribution in [0.4, 0.5) is 0 Å². The maximum absolute atomic E-state index is 12.4. The van der Waals surface area contributed by atoms with Crippen molar-refractivity contribution in [3.63, 3.8) is 0 Å². The molecule has 0 amide bonds. The van der Waals surface area contributed by atoms with Gasteiger partial charge in [-0.15, -0.1) is 0 Å². The summed E-state index contributed by atoms with van der Waals surface area (Å²) in [6.45, 7) is 4.16. The minimum absolute atomic E-state index is 0.0930. The predicted molar refractivity (Wildman–Crippen MR) is 102 cm³/mol. The summed E-state index contributed by atoms with van der Waals surface area (Å²) < 4.78 is 3.52. The van der Waals surface area contributed by atoms with Crippen LogP contribution in [0.3, 0.4) is 0 Å². The molecule has 0 atom stereocenters. The van der Waals surface area contributed by atoms with E-state index >= 15 is 0 Å². The van der Waals surface area contributed by atoms with Gasteiger partial charge in [0.25, 0.3) is 0 Å². The average Bonchev–Trinajstić information content (AvgIpc) is 3.18. The number of hydrogen-bond acceptors (Lipinski definition) is 3. The number of rotatable bonds is 3. The fraction of sp³-hybridized carbons (Fsp3) is 0.200. The molecular formula is C20H20N4O2. The van der Waals surface area contributed by atoms with Crippen LogP contribution in [0.2, 0.25) is 0 Å². The lowest BCUT2D eigenvalue weighted by Gasteiger charge is -2.11. The Bertz CT molecular complexity index is 1160. The third kappa shape index (κ3) is 2.50. The number of fused-ring (bicyclic) bond motifs is 1. The molecule has 0 bridgehead atoms. The van der Waals surface area contributed by atoms with Gasteiger partial charge in [-0.25, -0.2) is 14.5 Å². The van der Waals surface area contributed by atoms with Gasteiger partial charge in [0.05, 0.1) is 11.3 Å². The van der Waals surface area contributed by atoms with E-state index in [1.54, 1.807) is 6.07 Å². The number of phenolic OH excluding ortho intramolecular Hbond substituents is 1. The van der Waals surface area contributed by atoms with E-state index in [1.165, 1.54) is 4.57 Å². The second kappa shape index (κ2) is 5.91. The van der Waals surface area contributed by atoms with E-state index in [0.717, 1.165) is 16.5 Å². The van der Waals surface area contributed by atoms with Gasteiger partial charge in [0.2, 0.25) is 0 Å². The zero-order chi connectivity index (χ0) is 18.4. The molecule has 2 heterocycles. The van der Waals surface area contributed by atoms with Crippen molar-refractivity contribution in [2.45, 2.75) is 19.8 Å². The molecule has 2 aromatic carbocycles.